The Labute approximate surface area is 395 Å². The molecule has 1 aliphatic carbocycles. The van der Waals surface area contributed by atoms with Crippen LogP contribution in [-0.4, -0.2) is 12.2 Å². The van der Waals surface area contributed by atoms with Crippen molar-refractivity contribution in [2.24, 2.45) is 0 Å². The molecule has 1 aliphatic rings. The number of aryl methyl sites for hydroxylation is 4. The van der Waals surface area contributed by atoms with Gasteiger partial charge in [0.25, 0.3) is 0 Å². The Kier molecular flexibility index (Phi) is 10.2. The predicted molar refractivity (Wildman–Crippen MR) is 286 cm³/mol. The normalized spacial score (nSPS) is 13.0. The molecule has 10 aromatic carbocycles. The fraction of sp³-hybridized carbons (Fsp3) is 0.200. The van der Waals surface area contributed by atoms with Crippen LogP contribution in [0.3, 0.4) is 0 Å². The third kappa shape index (κ3) is 7.17. The molecule has 0 saturated carbocycles. The van der Waals surface area contributed by atoms with Crippen LogP contribution in [0.1, 0.15) is 74.9 Å². The minimum atomic E-state index is -0.244. The van der Waals surface area contributed by atoms with E-state index in [1.807, 2.05) is 0 Å². The highest BCUT2D eigenvalue weighted by Crippen LogP contribution is 2.54. The summed E-state index contributed by atoms with van der Waals surface area (Å²) in [6, 6.07) is 59.9. The Morgan fingerprint density at radius 2 is 0.597 bits per heavy atom. The molecule has 0 aromatic heterocycles. The summed E-state index contributed by atoms with van der Waals surface area (Å²) in [5.74, 6) is 1.79. The van der Waals surface area contributed by atoms with Crippen molar-refractivity contribution in [1.82, 2.24) is 0 Å². The summed E-state index contributed by atoms with van der Waals surface area (Å²) in [5, 5.41) is 10.1. The van der Waals surface area contributed by atoms with Gasteiger partial charge in [0.2, 0.25) is 0 Å². The van der Waals surface area contributed by atoms with Crippen LogP contribution >= 0.6 is 0 Å². The van der Waals surface area contributed by atoms with Crippen molar-refractivity contribution >= 4 is 43.1 Å². The molecule has 0 unspecified atom stereocenters. The van der Waals surface area contributed by atoms with Gasteiger partial charge in [0.15, 0.2) is 0 Å². The minimum absolute atomic E-state index is 0.122. The first-order valence-corrected chi connectivity index (χ1v) is 24.0. The molecule has 0 saturated heterocycles. The van der Waals surface area contributed by atoms with Crippen LogP contribution in [0.4, 0.5) is 0 Å². The van der Waals surface area contributed by atoms with Gasteiger partial charge >= 0.3 is 0 Å². The van der Waals surface area contributed by atoms with Gasteiger partial charge in [0.1, 0.15) is 11.5 Å². The van der Waals surface area contributed by atoms with Crippen LogP contribution in [0, 0.1) is 27.7 Å². The van der Waals surface area contributed by atoms with Gasteiger partial charge in [0, 0.05) is 5.41 Å². The van der Waals surface area contributed by atoms with Gasteiger partial charge in [-0.25, -0.2) is 0 Å². The largest absolute Gasteiger partial charge is 0.491 e. The van der Waals surface area contributed by atoms with E-state index in [-0.39, 0.29) is 17.6 Å². The maximum atomic E-state index is 6.07. The Morgan fingerprint density at radius 3 is 0.896 bits per heavy atom. The molecular weight excluding hydrogens is 813 g/mol. The average Bonchev–Trinajstić information content (AvgIpc) is 3.52. The van der Waals surface area contributed by atoms with Crippen LogP contribution < -0.4 is 9.47 Å². The van der Waals surface area contributed by atoms with Crippen LogP contribution in [0.25, 0.3) is 98.7 Å². The zero-order valence-corrected chi connectivity index (χ0v) is 40.5. The topological polar surface area (TPSA) is 18.5 Å². The zero-order valence-electron chi connectivity index (χ0n) is 40.5. The summed E-state index contributed by atoms with van der Waals surface area (Å²) in [5.41, 5.74) is 20.1. The third-order valence-corrected chi connectivity index (χ3v) is 14.1. The average molecular weight is 871 g/mol. The lowest BCUT2D eigenvalue weighted by Crippen LogP contribution is -2.15. The first kappa shape index (κ1) is 42.5. The number of rotatable bonds is 8. The molecule has 0 atom stereocenters. The number of fused-ring (bicyclic) bond motifs is 7. The van der Waals surface area contributed by atoms with E-state index in [1.165, 1.54) is 132 Å². The monoisotopic (exact) mass is 870 g/mol. The van der Waals surface area contributed by atoms with Crippen LogP contribution in [0.15, 0.2) is 158 Å². The van der Waals surface area contributed by atoms with Crippen molar-refractivity contribution in [1.29, 1.82) is 0 Å². The molecule has 0 bridgehead atoms. The van der Waals surface area contributed by atoms with Gasteiger partial charge in [-0.2, -0.15) is 0 Å². The van der Waals surface area contributed by atoms with E-state index >= 15 is 0 Å². The maximum absolute atomic E-state index is 6.07. The van der Waals surface area contributed by atoms with Gasteiger partial charge in [-0.3, -0.25) is 0 Å². The highest BCUT2D eigenvalue weighted by molar-refractivity contribution is 6.23. The van der Waals surface area contributed by atoms with E-state index < -0.39 is 0 Å². The summed E-state index contributed by atoms with van der Waals surface area (Å²) in [6.07, 6.45) is 0.244. The molecule has 0 N–H and O–H groups in total. The fourth-order valence-corrected chi connectivity index (χ4v) is 11.1. The Hall–Kier alpha value is -7.16. The lowest BCUT2D eigenvalue weighted by atomic mass is 9.79. The summed E-state index contributed by atoms with van der Waals surface area (Å²) in [7, 11) is 0. The molecule has 0 aliphatic heterocycles. The van der Waals surface area contributed by atoms with Crippen LogP contribution in [0.2, 0.25) is 0 Å². The number of ether oxygens (including phenoxy) is 2. The van der Waals surface area contributed by atoms with E-state index in [9.17, 15) is 0 Å². The van der Waals surface area contributed by atoms with Crippen molar-refractivity contribution in [3.05, 3.63) is 191 Å². The smallest absolute Gasteiger partial charge is 0.119 e. The summed E-state index contributed by atoms with van der Waals surface area (Å²) in [6.45, 7) is 22.0. The first-order valence-electron chi connectivity index (χ1n) is 24.0. The van der Waals surface area contributed by atoms with Crippen molar-refractivity contribution in [3.8, 4) is 67.1 Å². The molecule has 11 rings (SSSR count). The molecule has 0 amide bonds. The van der Waals surface area contributed by atoms with Gasteiger partial charge in [-0.05, 0) is 202 Å². The molecule has 330 valence electrons. The van der Waals surface area contributed by atoms with E-state index in [2.05, 4.69) is 227 Å². The van der Waals surface area contributed by atoms with Crippen molar-refractivity contribution in [2.45, 2.75) is 86.9 Å². The third-order valence-electron chi connectivity index (χ3n) is 14.1. The molecule has 10 aromatic rings. The molecule has 67 heavy (non-hydrogen) atoms. The summed E-state index contributed by atoms with van der Waals surface area (Å²) < 4.78 is 12.1. The second-order valence-corrected chi connectivity index (χ2v) is 20.2. The van der Waals surface area contributed by atoms with Crippen molar-refractivity contribution < 1.29 is 9.47 Å². The quantitative estimate of drug-likeness (QED) is 0.142. The zero-order chi connectivity index (χ0) is 46.5. The second-order valence-electron chi connectivity index (χ2n) is 20.2. The second kappa shape index (κ2) is 16.0. The van der Waals surface area contributed by atoms with Crippen molar-refractivity contribution in [2.75, 3.05) is 0 Å². The molecule has 0 fully saturated rings. The molecule has 2 nitrogen and oxygen atoms in total. The van der Waals surface area contributed by atoms with E-state index in [0.717, 1.165) is 11.5 Å². The molecule has 0 radical (unpaired) electrons. The number of hydrogen-bond acceptors (Lipinski definition) is 2. The number of hydrogen-bond donors (Lipinski definition) is 0. The lowest BCUT2D eigenvalue weighted by molar-refractivity contribution is 0.242. The highest BCUT2D eigenvalue weighted by Gasteiger charge is 2.36. The molecule has 2 heteroatoms. The van der Waals surface area contributed by atoms with Gasteiger partial charge in [0.05, 0.1) is 12.2 Å². The van der Waals surface area contributed by atoms with Gasteiger partial charge in [-0.1, -0.05) is 157 Å². The summed E-state index contributed by atoms with van der Waals surface area (Å²) in [4.78, 5) is 0. The van der Waals surface area contributed by atoms with Crippen LogP contribution in [-0.2, 0) is 5.41 Å². The SMILES string of the molecule is Cc1ccc2c(-c3ccc4c(c3)C(C)(C)c3cc(-c5c6ccc(C)cc6c(-c6ccc(OC(C)C)cc6)c6ccc(C)cc56)ccc3-4)c3cc(C)ccc3c(-c3ccc(OC(C)C)cc3)c2c1. The minimum Gasteiger partial charge on any atom is -0.491 e. The van der Waals surface area contributed by atoms with Crippen LogP contribution in [0.5, 0.6) is 11.5 Å². The molecular formula is C65H58O2. The Balaban J connectivity index is 1.07. The Bertz CT molecular complexity index is 3380. The summed E-state index contributed by atoms with van der Waals surface area (Å²) >= 11 is 0. The lowest BCUT2D eigenvalue weighted by Gasteiger charge is -2.24. The molecule has 0 heterocycles. The molecule has 0 spiro atoms. The van der Waals surface area contributed by atoms with Gasteiger partial charge in [-0.15, -0.1) is 0 Å². The fourth-order valence-electron chi connectivity index (χ4n) is 11.1. The van der Waals surface area contributed by atoms with Gasteiger partial charge < -0.3 is 9.47 Å². The van der Waals surface area contributed by atoms with E-state index in [0.29, 0.717) is 0 Å². The maximum Gasteiger partial charge on any atom is 0.119 e. The van der Waals surface area contributed by atoms with E-state index in [1.54, 1.807) is 0 Å². The van der Waals surface area contributed by atoms with Crippen molar-refractivity contribution in [3.63, 3.8) is 0 Å². The highest BCUT2D eigenvalue weighted by atomic mass is 16.5. The predicted octanol–water partition coefficient (Wildman–Crippen LogP) is 18.1. The Morgan fingerprint density at radius 1 is 0.313 bits per heavy atom. The van der Waals surface area contributed by atoms with E-state index in [4.69, 9.17) is 9.47 Å². The first-order chi connectivity index (χ1) is 32.2. The standard InChI is InChI=1S/C65H58O2/c1-37(2)66-47-21-15-43(16-22-47)61-51-25-11-41(7)33-57(51)63(53-27-13-39(5)31-55(53)61)45-19-29-49-50-30-20-46(36-60(50)65(9,10)59(49)35-45)64-54-28-14-40(6)32-56(54)62(52-26-12-42(8)34-58(52)64)44-17-23-48(24-18-44)67-38(3)4/h11-38H,1-10H3. The number of benzene rings is 10.